The highest BCUT2D eigenvalue weighted by molar-refractivity contribution is 5.85. The van der Waals surface area contributed by atoms with Gasteiger partial charge in [-0.1, -0.05) is 30.3 Å². The maximum Gasteiger partial charge on any atom is 0.308 e. The van der Waals surface area contributed by atoms with E-state index in [2.05, 4.69) is 36.5 Å². The lowest BCUT2D eigenvalue weighted by Crippen LogP contribution is -2.30. The maximum atomic E-state index is 11.7. The predicted molar refractivity (Wildman–Crippen MR) is 83.0 cm³/mol. The van der Waals surface area contributed by atoms with Crippen LogP contribution >= 0.6 is 12.4 Å². The number of hydrogen-bond acceptors (Lipinski definition) is 3. The van der Waals surface area contributed by atoms with Crippen molar-refractivity contribution in [3.63, 3.8) is 0 Å². The average Bonchev–Trinajstić information content (AvgIpc) is 2.88. The lowest BCUT2D eigenvalue weighted by Gasteiger charge is -2.20. The maximum absolute atomic E-state index is 11.7. The van der Waals surface area contributed by atoms with Crippen LogP contribution < -0.4 is 5.32 Å². The topological polar surface area (TPSA) is 38.3 Å². The number of esters is 1. The Kier molecular flexibility index (Phi) is 7.03. The number of ether oxygens (including phenoxy) is 1. The molecule has 0 amide bonds. The molecule has 1 aliphatic carbocycles. The predicted octanol–water partition coefficient (Wildman–Crippen LogP) is 3.49. The van der Waals surface area contributed by atoms with Crippen molar-refractivity contribution in [1.82, 2.24) is 5.32 Å². The zero-order valence-electron chi connectivity index (χ0n) is 12.2. The van der Waals surface area contributed by atoms with Gasteiger partial charge in [-0.2, -0.15) is 0 Å². The summed E-state index contributed by atoms with van der Waals surface area (Å²) in [7, 11) is 0. The zero-order valence-corrected chi connectivity index (χ0v) is 13.0. The molecule has 0 heterocycles. The van der Waals surface area contributed by atoms with Gasteiger partial charge in [0.1, 0.15) is 0 Å². The Balaban J connectivity index is 0.00000200. The number of carbonyl (C=O) groups is 1. The molecule has 112 valence electrons. The summed E-state index contributed by atoms with van der Waals surface area (Å²) in [5.41, 5.74) is 1.29. The molecular weight excluding hydrogens is 274 g/mol. The first-order valence-corrected chi connectivity index (χ1v) is 7.18. The summed E-state index contributed by atoms with van der Waals surface area (Å²) in [6.07, 6.45) is 2.90. The molecule has 0 aliphatic heterocycles. The number of nitrogens with one attached hydrogen (secondary N) is 1. The van der Waals surface area contributed by atoms with Gasteiger partial charge in [-0.05, 0) is 38.7 Å². The summed E-state index contributed by atoms with van der Waals surface area (Å²) in [4.78, 5) is 11.7. The second kappa shape index (κ2) is 8.28. The molecule has 0 aromatic heterocycles. The number of benzene rings is 1. The van der Waals surface area contributed by atoms with Crippen molar-refractivity contribution in [3.8, 4) is 0 Å². The van der Waals surface area contributed by atoms with Crippen molar-refractivity contribution >= 4 is 18.4 Å². The van der Waals surface area contributed by atoms with Crippen molar-refractivity contribution in [3.05, 3.63) is 35.9 Å². The van der Waals surface area contributed by atoms with E-state index >= 15 is 0 Å². The smallest absolute Gasteiger partial charge is 0.308 e. The van der Waals surface area contributed by atoms with Crippen LogP contribution in [-0.4, -0.2) is 18.6 Å². The Labute approximate surface area is 127 Å². The van der Waals surface area contributed by atoms with E-state index in [1.165, 1.54) is 5.56 Å². The Hall–Kier alpha value is -1.06. The van der Waals surface area contributed by atoms with Gasteiger partial charge in [-0.3, -0.25) is 4.79 Å². The van der Waals surface area contributed by atoms with Crippen molar-refractivity contribution in [2.75, 3.05) is 6.61 Å². The molecule has 1 aromatic rings. The molecule has 1 aliphatic rings. The third-order valence-corrected chi connectivity index (χ3v) is 3.84. The Morgan fingerprint density at radius 1 is 1.35 bits per heavy atom. The third-order valence-electron chi connectivity index (χ3n) is 3.84. The molecule has 1 saturated carbocycles. The normalized spacial score (nSPS) is 22.9. The number of carbonyl (C=O) groups excluding carboxylic acids is 1. The second-order valence-electron chi connectivity index (χ2n) is 5.26. The van der Waals surface area contributed by atoms with Crippen molar-refractivity contribution in [1.29, 1.82) is 0 Å². The monoisotopic (exact) mass is 297 g/mol. The molecule has 0 spiro atoms. The minimum Gasteiger partial charge on any atom is -0.466 e. The molecule has 3 nitrogen and oxygen atoms in total. The van der Waals surface area contributed by atoms with E-state index in [1.54, 1.807) is 0 Å². The van der Waals surface area contributed by atoms with Gasteiger partial charge in [-0.25, -0.2) is 0 Å². The van der Waals surface area contributed by atoms with Gasteiger partial charge in [0.15, 0.2) is 0 Å². The van der Waals surface area contributed by atoms with Crippen LogP contribution in [0.5, 0.6) is 0 Å². The van der Waals surface area contributed by atoms with E-state index in [0.717, 1.165) is 19.3 Å². The van der Waals surface area contributed by atoms with Gasteiger partial charge in [0.2, 0.25) is 0 Å². The Morgan fingerprint density at radius 3 is 2.70 bits per heavy atom. The summed E-state index contributed by atoms with van der Waals surface area (Å²) in [5, 5.41) is 3.61. The highest BCUT2D eigenvalue weighted by atomic mass is 35.5. The minimum atomic E-state index is -0.0286. The highest BCUT2D eigenvalue weighted by Crippen LogP contribution is 2.28. The first-order valence-electron chi connectivity index (χ1n) is 7.18. The van der Waals surface area contributed by atoms with E-state index in [1.807, 2.05) is 13.0 Å². The number of halogens is 1. The third kappa shape index (κ3) is 4.50. The molecule has 1 aromatic carbocycles. The zero-order chi connectivity index (χ0) is 13.7. The fourth-order valence-corrected chi connectivity index (χ4v) is 2.80. The number of hydrogen-bond donors (Lipinski definition) is 1. The molecule has 0 saturated heterocycles. The van der Waals surface area contributed by atoms with Gasteiger partial charge < -0.3 is 10.1 Å². The molecule has 0 radical (unpaired) electrons. The summed E-state index contributed by atoms with van der Waals surface area (Å²) in [6.45, 7) is 4.51. The van der Waals surface area contributed by atoms with Crippen LogP contribution in [0.15, 0.2) is 30.3 Å². The summed E-state index contributed by atoms with van der Waals surface area (Å²) >= 11 is 0. The first kappa shape index (κ1) is 17.0. The molecule has 4 heteroatoms. The summed E-state index contributed by atoms with van der Waals surface area (Å²) < 4.78 is 5.10. The van der Waals surface area contributed by atoms with E-state index in [-0.39, 0.29) is 24.3 Å². The van der Waals surface area contributed by atoms with Crippen LogP contribution in [-0.2, 0) is 9.53 Å². The Bertz CT molecular complexity index is 410. The van der Waals surface area contributed by atoms with Crippen molar-refractivity contribution in [2.24, 2.45) is 5.92 Å². The van der Waals surface area contributed by atoms with Crippen LogP contribution in [0.25, 0.3) is 0 Å². The van der Waals surface area contributed by atoms with E-state index < -0.39 is 0 Å². The van der Waals surface area contributed by atoms with Gasteiger partial charge >= 0.3 is 5.97 Å². The summed E-state index contributed by atoms with van der Waals surface area (Å²) in [6, 6.07) is 11.2. The lowest BCUT2D eigenvalue weighted by atomic mass is 10.1. The van der Waals surface area contributed by atoms with Crippen LogP contribution in [0, 0.1) is 5.92 Å². The molecule has 3 atom stereocenters. The second-order valence-corrected chi connectivity index (χ2v) is 5.26. The molecular formula is C16H24ClNO2. The molecule has 0 bridgehead atoms. The van der Waals surface area contributed by atoms with E-state index in [0.29, 0.717) is 18.7 Å². The largest absolute Gasteiger partial charge is 0.466 e. The number of rotatable bonds is 5. The standard InChI is InChI=1S/C16H23NO2.ClH/c1-3-19-16(18)14-9-10-15(11-14)17-12(2)13-7-5-4-6-8-13;/h4-8,12,14-15,17H,3,9-11H2,1-2H3;1H/t12-,14-,15+;/m1./s1. The molecule has 2 rings (SSSR count). The Morgan fingerprint density at radius 2 is 2.05 bits per heavy atom. The van der Waals surface area contributed by atoms with E-state index in [9.17, 15) is 4.79 Å². The fourth-order valence-electron chi connectivity index (χ4n) is 2.80. The first-order chi connectivity index (χ1) is 9.20. The highest BCUT2D eigenvalue weighted by Gasteiger charge is 2.31. The SMILES string of the molecule is CCOC(=O)[C@@H]1CC[C@H](N[C@H](C)c2ccccc2)C1.Cl. The van der Waals surface area contributed by atoms with Crippen LogP contribution in [0.4, 0.5) is 0 Å². The summed E-state index contributed by atoms with van der Waals surface area (Å²) in [5.74, 6) is 0.0552. The van der Waals surface area contributed by atoms with Gasteiger partial charge in [0.05, 0.1) is 12.5 Å². The quantitative estimate of drug-likeness (QED) is 0.846. The van der Waals surface area contributed by atoms with Crippen molar-refractivity contribution < 1.29 is 9.53 Å². The average molecular weight is 298 g/mol. The van der Waals surface area contributed by atoms with E-state index in [4.69, 9.17) is 4.74 Å². The van der Waals surface area contributed by atoms with Crippen molar-refractivity contribution in [2.45, 2.75) is 45.2 Å². The minimum absolute atomic E-state index is 0. The van der Waals surface area contributed by atoms with Crippen LogP contribution in [0.3, 0.4) is 0 Å². The molecule has 20 heavy (non-hydrogen) atoms. The fraction of sp³-hybridized carbons (Fsp3) is 0.562. The molecule has 1 fully saturated rings. The van der Waals surface area contributed by atoms with Crippen LogP contribution in [0.1, 0.15) is 44.7 Å². The van der Waals surface area contributed by atoms with Gasteiger partial charge in [-0.15, -0.1) is 12.4 Å². The van der Waals surface area contributed by atoms with Gasteiger partial charge in [0.25, 0.3) is 0 Å². The molecule has 1 N–H and O–H groups in total. The van der Waals surface area contributed by atoms with Gasteiger partial charge in [0, 0.05) is 12.1 Å². The lowest BCUT2D eigenvalue weighted by molar-refractivity contribution is -0.147. The van der Waals surface area contributed by atoms with Crippen LogP contribution in [0.2, 0.25) is 0 Å². The molecule has 0 unspecified atom stereocenters.